The molecule has 2 aliphatic heterocycles. The predicted octanol–water partition coefficient (Wildman–Crippen LogP) is 3.01. The van der Waals surface area contributed by atoms with Gasteiger partial charge in [-0.15, -0.1) is 11.8 Å². The summed E-state index contributed by atoms with van der Waals surface area (Å²) in [7, 11) is 0. The zero-order valence-corrected chi connectivity index (χ0v) is 11.6. The minimum Gasteiger partial charge on any atom is -0.343 e. The van der Waals surface area contributed by atoms with Crippen LogP contribution < -0.4 is 0 Å². The molecule has 2 aromatic rings. The molecule has 2 aliphatic rings. The SMILES string of the molecule is O=C1CC(Sc2ccc3ccccc3c2)C2COC1O2. The number of carbonyl (C=O) groups is 1. The monoisotopic (exact) mass is 286 g/mol. The molecule has 0 N–H and O–H groups in total. The Kier molecular flexibility index (Phi) is 3.02. The smallest absolute Gasteiger partial charge is 0.218 e. The van der Waals surface area contributed by atoms with Crippen molar-refractivity contribution in [1.82, 2.24) is 0 Å². The Morgan fingerprint density at radius 3 is 2.85 bits per heavy atom. The molecule has 0 radical (unpaired) electrons. The molecule has 4 heteroatoms. The number of thioether (sulfide) groups is 1. The van der Waals surface area contributed by atoms with Crippen molar-refractivity contribution in [1.29, 1.82) is 0 Å². The Morgan fingerprint density at radius 1 is 1.10 bits per heavy atom. The highest BCUT2D eigenvalue weighted by Crippen LogP contribution is 2.37. The Bertz CT molecular complexity index is 670. The topological polar surface area (TPSA) is 35.5 Å². The summed E-state index contributed by atoms with van der Waals surface area (Å²) < 4.78 is 10.9. The molecule has 0 amide bonds. The van der Waals surface area contributed by atoms with E-state index in [-0.39, 0.29) is 17.1 Å². The Morgan fingerprint density at radius 2 is 1.95 bits per heavy atom. The van der Waals surface area contributed by atoms with E-state index < -0.39 is 6.29 Å². The van der Waals surface area contributed by atoms with Gasteiger partial charge in [0.15, 0.2) is 5.78 Å². The molecule has 0 saturated carbocycles. The van der Waals surface area contributed by atoms with Gasteiger partial charge in [-0.25, -0.2) is 0 Å². The zero-order chi connectivity index (χ0) is 13.5. The molecule has 3 unspecified atom stereocenters. The van der Waals surface area contributed by atoms with E-state index in [0.717, 1.165) is 0 Å². The molecule has 2 heterocycles. The number of rotatable bonds is 2. The summed E-state index contributed by atoms with van der Waals surface area (Å²) in [6.45, 7) is 0.529. The fourth-order valence-electron chi connectivity index (χ4n) is 2.74. The average molecular weight is 286 g/mol. The first kappa shape index (κ1) is 12.4. The van der Waals surface area contributed by atoms with Crippen LogP contribution in [0.4, 0.5) is 0 Å². The van der Waals surface area contributed by atoms with Gasteiger partial charge in [-0.05, 0) is 22.9 Å². The molecular weight excluding hydrogens is 272 g/mol. The normalized spacial score (nSPS) is 29.0. The first-order valence-corrected chi connectivity index (χ1v) is 7.63. The second-order valence-electron chi connectivity index (χ2n) is 5.18. The number of carbonyl (C=O) groups excluding carboxylic acids is 1. The van der Waals surface area contributed by atoms with Gasteiger partial charge >= 0.3 is 0 Å². The molecule has 102 valence electrons. The molecule has 0 aliphatic carbocycles. The molecular formula is C16H14O3S. The van der Waals surface area contributed by atoms with Gasteiger partial charge in [-0.2, -0.15) is 0 Å². The lowest BCUT2D eigenvalue weighted by atomic mass is 10.1. The van der Waals surface area contributed by atoms with E-state index in [1.165, 1.54) is 15.7 Å². The van der Waals surface area contributed by atoms with Gasteiger partial charge in [0.2, 0.25) is 6.29 Å². The maximum atomic E-state index is 11.8. The van der Waals surface area contributed by atoms with Gasteiger partial charge < -0.3 is 9.47 Å². The molecule has 0 spiro atoms. The van der Waals surface area contributed by atoms with Crippen molar-refractivity contribution in [2.24, 2.45) is 0 Å². The lowest BCUT2D eigenvalue weighted by Gasteiger charge is -2.25. The quantitative estimate of drug-likeness (QED) is 0.850. The first-order chi connectivity index (χ1) is 9.79. The highest BCUT2D eigenvalue weighted by Gasteiger charge is 2.43. The summed E-state index contributed by atoms with van der Waals surface area (Å²) in [5, 5.41) is 2.61. The molecule has 2 bridgehead atoms. The summed E-state index contributed by atoms with van der Waals surface area (Å²) in [6, 6.07) is 14.7. The fraction of sp³-hybridized carbons (Fsp3) is 0.312. The van der Waals surface area contributed by atoms with Crippen LogP contribution in [0.5, 0.6) is 0 Å². The second-order valence-corrected chi connectivity index (χ2v) is 6.49. The lowest BCUT2D eigenvalue weighted by Crippen LogP contribution is -2.37. The number of fused-ring (bicyclic) bond motifs is 3. The molecule has 3 atom stereocenters. The summed E-state index contributed by atoms with van der Waals surface area (Å²) in [6.07, 6.45) is -0.0325. The van der Waals surface area contributed by atoms with Gasteiger partial charge in [0.1, 0.15) is 0 Å². The van der Waals surface area contributed by atoms with E-state index in [1.54, 1.807) is 11.8 Å². The third kappa shape index (κ3) is 2.14. The fourth-order valence-corrected chi connectivity index (χ4v) is 3.98. The largest absolute Gasteiger partial charge is 0.343 e. The molecule has 3 nitrogen and oxygen atoms in total. The number of ether oxygens (including phenoxy) is 2. The van der Waals surface area contributed by atoms with Gasteiger partial charge in [-0.3, -0.25) is 4.79 Å². The minimum absolute atomic E-state index is 0.0363. The van der Waals surface area contributed by atoms with Crippen LogP contribution in [0.1, 0.15) is 6.42 Å². The van der Waals surface area contributed by atoms with Crippen LogP contribution in [0.3, 0.4) is 0 Å². The third-order valence-corrected chi connectivity index (χ3v) is 5.10. The van der Waals surface area contributed by atoms with Crippen molar-refractivity contribution in [3.63, 3.8) is 0 Å². The zero-order valence-electron chi connectivity index (χ0n) is 10.8. The molecule has 20 heavy (non-hydrogen) atoms. The van der Waals surface area contributed by atoms with Gasteiger partial charge in [0.05, 0.1) is 12.7 Å². The van der Waals surface area contributed by atoms with Crippen LogP contribution >= 0.6 is 11.8 Å². The summed E-state index contributed by atoms with van der Waals surface area (Å²) in [4.78, 5) is 13.0. The second kappa shape index (κ2) is 4.88. The third-order valence-electron chi connectivity index (χ3n) is 3.80. The van der Waals surface area contributed by atoms with Crippen molar-refractivity contribution in [2.75, 3.05) is 6.61 Å². The number of benzene rings is 2. The maximum absolute atomic E-state index is 11.8. The number of Topliss-reactive ketones (excluding diaryl/α,β-unsaturated/α-hetero) is 1. The predicted molar refractivity (Wildman–Crippen MR) is 77.8 cm³/mol. The van der Waals surface area contributed by atoms with E-state index in [1.807, 2.05) is 12.1 Å². The van der Waals surface area contributed by atoms with E-state index in [0.29, 0.717) is 13.0 Å². The van der Waals surface area contributed by atoms with E-state index >= 15 is 0 Å². The van der Waals surface area contributed by atoms with E-state index in [4.69, 9.17) is 9.47 Å². The van der Waals surface area contributed by atoms with Crippen LogP contribution in [0, 0.1) is 0 Å². The molecule has 2 aromatic carbocycles. The Hall–Kier alpha value is -1.36. The highest BCUT2D eigenvalue weighted by atomic mass is 32.2. The summed E-state index contributed by atoms with van der Waals surface area (Å²) in [5.74, 6) is 0.0667. The van der Waals surface area contributed by atoms with Crippen molar-refractivity contribution >= 4 is 28.3 Å². The minimum atomic E-state index is -0.603. The summed E-state index contributed by atoms with van der Waals surface area (Å²) >= 11 is 1.72. The summed E-state index contributed by atoms with van der Waals surface area (Å²) in [5.41, 5.74) is 0. The van der Waals surface area contributed by atoms with Gasteiger partial charge in [-0.1, -0.05) is 30.3 Å². The van der Waals surface area contributed by atoms with Crippen molar-refractivity contribution in [3.8, 4) is 0 Å². The van der Waals surface area contributed by atoms with Crippen LogP contribution in [0.2, 0.25) is 0 Å². The van der Waals surface area contributed by atoms with E-state index in [2.05, 4.69) is 30.3 Å². The molecule has 4 rings (SSSR count). The molecule has 2 saturated heterocycles. The van der Waals surface area contributed by atoms with Crippen LogP contribution in [-0.4, -0.2) is 30.0 Å². The van der Waals surface area contributed by atoms with Crippen molar-refractivity contribution < 1.29 is 14.3 Å². The lowest BCUT2D eigenvalue weighted by molar-refractivity contribution is -0.151. The molecule has 2 fully saturated rings. The number of hydrogen-bond acceptors (Lipinski definition) is 4. The van der Waals surface area contributed by atoms with Crippen LogP contribution in [0.25, 0.3) is 10.8 Å². The standard InChI is InChI=1S/C16H14O3S/c17-13-8-15(14-9-18-16(13)19-14)20-12-6-5-10-3-1-2-4-11(10)7-12/h1-7,14-16H,8-9H2. The number of ketones is 1. The maximum Gasteiger partial charge on any atom is 0.218 e. The average Bonchev–Trinajstić information content (AvgIpc) is 2.91. The highest BCUT2D eigenvalue weighted by molar-refractivity contribution is 8.00. The van der Waals surface area contributed by atoms with Gasteiger partial charge in [0.25, 0.3) is 0 Å². The van der Waals surface area contributed by atoms with Crippen LogP contribution in [0.15, 0.2) is 47.4 Å². The van der Waals surface area contributed by atoms with Gasteiger partial charge in [0, 0.05) is 16.6 Å². The number of hydrogen-bond donors (Lipinski definition) is 0. The van der Waals surface area contributed by atoms with Crippen LogP contribution in [-0.2, 0) is 14.3 Å². The Labute approximate surface area is 121 Å². The van der Waals surface area contributed by atoms with Crippen molar-refractivity contribution in [2.45, 2.75) is 29.0 Å². The first-order valence-electron chi connectivity index (χ1n) is 6.75. The Balaban J connectivity index is 1.59. The molecule has 0 aromatic heterocycles. The van der Waals surface area contributed by atoms with E-state index in [9.17, 15) is 4.79 Å². The van der Waals surface area contributed by atoms with Crippen molar-refractivity contribution in [3.05, 3.63) is 42.5 Å².